The van der Waals surface area contributed by atoms with Crippen LogP contribution < -0.4 is 15.5 Å². The Bertz CT molecular complexity index is 1700. The minimum atomic E-state index is -0.469. The number of carbonyl (C=O) groups is 1. The van der Waals surface area contributed by atoms with Gasteiger partial charge >= 0.3 is 6.03 Å². The normalized spacial score (nSPS) is 13.2. The van der Waals surface area contributed by atoms with Crippen molar-refractivity contribution in [2.45, 2.75) is 13.0 Å². The third-order valence-corrected chi connectivity index (χ3v) is 7.38. The molecule has 43 heavy (non-hydrogen) atoms. The van der Waals surface area contributed by atoms with E-state index in [9.17, 15) is 14.9 Å². The summed E-state index contributed by atoms with van der Waals surface area (Å²) in [6.45, 7) is 3.37. The maximum atomic E-state index is 12.9. The first-order valence-corrected chi connectivity index (χ1v) is 14.1. The van der Waals surface area contributed by atoms with Crippen molar-refractivity contribution in [2.24, 2.45) is 0 Å². The standard InChI is InChI=1S/C31H31N9O3/c41-31(34-25-11-13-26(14-12-25)40(42)43)38-19-17-37(18-20-38)30-35-28(32-16-15-23-7-3-1-4-8-23)27-29(36-30)39(22-33-27)21-24-9-5-2-6-10-24/h1-14,22H,15-21H2,(H,34,41)(H,32,35,36). The van der Waals surface area contributed by atoms with Crippen molar-refractivity contribution in [3.05, 3.63) is 112 Å². The molecule has 0 radical (unpaired) electrons. The molecule has 218 valence electrons. The zero-order valence-corrected chi connectivity index (χ0v) is 23.5. The number of piperazine rings is 1. The number of imidazole rings is 1. The van der Waals surface area contributed by atoms with E-state index in [0.717, 1.165) is 17.6 Å². The predicted molar refractivity (Wildman–Crippen MR) is 165 cm³/mol. The number of rotatable bonds is 9. The number of amides is 2. The highest BCUT2D eigenvalue weighted by atomic mass is 16.6. The minimum Gasteiger partial charge on any atom is -0.368 e. The second-order valence-electron chi connectivity index (χ2n) is 10.3. The molecule has 0 spiro atoms. The first-order chi connectivity index (χ1) is 21.0. The van der Waals surface area contributed by atoms with Gasteiger partial charge in [0.1, 0.15) is 0 Å². The number of anilines is 3. The molecule has 0 atom stereocenters. The van der Waals surface area contributed by atoms with Crippen LogP contribution in [0.3, 0.4) is 0 Å². The Hall–Kier alpha value is -5.52. The van der Waals surface area contributed by atoms with Gasteiger partial charge in [-0.15, -0.1) is 0 Å². The summed E-state index contributed by atoms with van der Waals surface area (Å²) in [5.74, 6) is 1.26. The van der Waals surface area contributed by atoms with Crippen LogP contribution in [0.25, 0.3) is 11.2 Å². The number of nitrogens with zero attached hydrogens (tertiary/aromatic N) is 7. The zero-order valence-electron chi connectivity index (χ0n) is 23.5. The van der Waals surface area contributed by atoms with Crippen LogP contribution in [0.2, 0.25) is 0 Å². The van der Waals surface area contributed by atoms with Gasteiger partial charge in [0.05, 0.1) is 17.8 Å². The fraction of sp³-hybridized carbons (Fsp3) is 0.226. The van der Waals surface area contributed by atoms with Crippen molar-refractivity contribution in [2.75, 3.05) is 48.3 Å². The van der Waals surface area contributed by atoms with Gasteiger partial charge in [-0.3, -0.25) is 10.1 Å². The van der Waals surface area contributed by atoms with E-state index in [1.807, 2.05) is 41.0 Å². The molecular formula is C31H31N9O3. The molecule has 6 rings (SSSR count). The third kappa shape index (κ3) is 6.53. The number of nitrogens with one attached hydrogen (secondary N) is 2. The van der Waals surface area contributed by atoms with E-state index in [0.29, 0.717) is 62.2 Å². The molecule has 2 aromatic heterocycles. The molecule has 1 aliphatic heterocycles. The maximum Gasteiger partial charge on any atom is 0.321 e. The van der Waals surface area contributed by atoms with E-state index in [1.54, 1.807) is 11.2 Å². The van der Waals surface area contributed by atoms with Crippen LogP contribution in [0.4, 0.5) is 27.9 Å². The second-order valence-corrected chi connectivity index (χ2v) is 10.3. The highest BCUT2D eigenvalue weighted by Gasteiger charge is 2.25. The van der Waals surface area contributed by atoms with Gasteiger partial charge in [-0.1, -0.05) is 60.7 Å². The van der Waals surface area contributed by atoms with Crippen LogP contribution in [-0.4, -0.2) is 68.1 Å². The van der Waals surface area contributed by atoms with Gasteiger partial charge in [0.15, 0.2) is 17.0 Å². The Kier molecular flexibility index (Phi) is 8.07. The molecule has 5 aromatic rings. The molecule has 0 unspecified atom stereocenters. The average Bonchev–Trinajstić information content (AvgIpc) is 3.45. The summed E-state index contributed by atoms with van der Waals surface area (Å²) in [7, 11) is 0. The Balaban J connectivity index is 1.18. The monoisotopic (exact) mass is 577 g/mol. The lowest BCUT2D eigenvalue weighted by Gasteiger charge is -2.34. The molecule has 2 amide bonds. The first kappa shape index (κ1) is 27.6. The van der Waals surface area contributed by atoms with Crippen molar-refractivity contribution >= 4 is 40.3 Å². The topological polar surface area (TPSA) is 134 Å². The zero-order chi connectivity index (χ0) is 29.6. The van der Waals surface area contributed by atoms with Crippen molar-refractivity contribution in [1.82, 2.24) is 24.4 Å². The van der Waals surface area contributed by atoms with Gasteiger partial charge in [-0.25, -0.2) is 9.78 Å². The van der Waals surface area contributed by atoms with Gasteiger partial charge in [-0.2, -0.15) is 9.97 Å². The van der Waals surface area contributed by atoms with Gasteiger partial charge < -0.3 is 25.0 Å². The number of hydrogen-bond acceptors (Lipinski definition) is 8. The average molecular weight is 578 g/mol. The summed E-state index contributed by atoms with van der Waals surface area (Å²) < 4.78 is 2.03. The number of urea groups is 1. The fourth-order valence-electron chi connectivity index (χ4n) is 5.04. The van der Waals surface area contributed by atoms with Gasteiger partial charge in [0.25, 0.3) is 5.69 Å². The van der Waals surface area contributed by atoms with E-state index < -0.39 is 4.92 Å². The van der Waals surface area contributed by atoms with E-state index >= 15 is 0 Å². The Morgan fingerprint density at radius 1 is 0.860 bits per heavy atom. The minimum absolute atomic E-state index is 0.0254. The van der Waals surface area contributed by atoms with Gasteiger partial charge in [0.2, 0.25) is 5.95 Å². The second kappa shape index (κ2) is 12.6. The molecule has 1 aliphatic rings. The quantitative estimate of drug-likeness (QED) is 0.189. The SMILES string of the molecule is O=C(Nc1ccc([N+](=O)[O-])cc1)N1CCN(c2nc(NCCc3ccccc3)c3ncn(Cc4ccccc4)c3n2)CC1. The summed E-state index contributed by atoms with van der Waals surface area (Å²) in [6, 6.07) is 26.0. The molecular weight excluding hydrogens is 546 g/mol. The Labute approximate surface area is 248 Å². The lowest BCUT2D eigenvalue weighted by molar-refractivity contribution is -0.384. The maximum absolute atomic E-state index is 12.9. The van der Waals surface area contributed by atoms with Gasteiger partial charge in [-0.05, 0) is 29.7 Å². The number of benzene rings is 3. The van der Waals surface area contributed by atoms with Crippen LogP contribution in [0.5, 0.6) is 0 Å². The van der Waals surface area contributed by atoms with Gasteiger partial charge in [0, 0.05) is 50.5 Å². The summed E-state index contributed by atoms with van der Waals surface area (Å²) in [6.07, 6.45) is 2.65. The van der Waals surface area contributed by atoms with Crippen molar-refractivity contribution in [3.8, 4) is 0 Å². The highest BCUT2D eigenvalue weighted by Crippen LogP contribution is 2.25. The molecule has 3 heterocycles. The van der Waals surface area contributed by atoms with E-state index in [1.165, 1.54) is 29.8 Å². The Morgan fingerprint density at radius 2 is 1.53 bits per heavy atom. The lowest BCUT2D eigenvalue weighted by Crippen LogP contribution is -2.50. The fourth-order valence-corrected chi connectivity index (χ4v) is 5.04. The van der Waals surface area contributed by atoms with Crippen LogP contribution in [-0.2, 0) is 13.0 Å². The molecule has 0 bridgehead atoms. The van der Waals surface area contributed by atoms with Crippen LogP contribution in [0.1, 0.15) is 11.1 Å². The number of nitro benzene ring substituents is 1. The van der Waals surface area contributed by atoms with Crippen molar-refractivity contribution in [3.63, 3.8) is 0 Å². The smallest absolute Gasteiger partial charge is 0.321 e. The predicted octanol–water partition coefficient (Wildman–Crippen LogP) is 4.79. The number of carbonyl (C=O) groups excluding carboxylic acids is 1. The molecule has 12 heteroatoms. The number of non-ortho nitro benzene ring substituents is 1. The van der Waals surface area contributed by atoms with Crippen LogP contribution in [0.15, 0.2) is 91.3 Å². The number of hydrogen-bond donors (Lipinski definition) is 2. The first-order valence-electron chi connectivity index (χ1n) is 14.1. The third-order valence-electron chi connectivity index (χ3n) is 7.38. The highest BCUT2D eigenvalue weighted by molar-refractivity contribution is 5.89. The number of nitro groups is 1. The molecule has 0 saturated carbocycles. The van der Waals surface area contributed by atoms with E-state index in [2.05, 4.69) is 44.8 Å². The Morgan fingerprint density at radius 3 is 2.21 bits per heavy atom. The molecule has 1 fully saturated rings. The number of aromatic nitrogens is 4. The van der Waals surface area contributed by atoms with Crippen molar-refractivity contribution < 1.29 is 9.72 Å². The van der Waals surface area contributed by atoms with Crippen LogP contribution >= 0.6 is 0 Å². The summed E-state index contributed by atoms with van der Waals surface area (Å²) in [5.41, 5.74) is 4.32. The molecule has 1 saturated heterocycles. The largest absolute Gasteiger partial charge is 0.368 e. The summed E-state index contributed by atoms with van der Waals surface area (Å²) in [5, 5.41) is 17.2. The molecule has 3 aromatic carbocycles. The summed E-state index contributed by atoms with van der Waals surface area (Å²) in [4.78, 5) is 41.6. The summed E-state index contributed by atoms with van der Waals surface area (Å²) >= 11 is 0. The molecule has 12 nitrogen and oxygen atoms in total. The van der Waals surface area contributed by atoms with Crippen molar-refractivity contribution in [1.29, 1.82) is 0 Å². The molecule has 2 N–H and O–H groups in total. The number of fused-ring (bicyclic) bond motifs is 1. The van der Waals surface area contributed by atoms with Crippen LogP contribution in [0, 0.1) is 10.1 Å². The lowest BCUT2D eigenvalue weighted by atomic mass is 10.1. The van der Waals surface area contributed by atoms with E-state index in [-0.39, 0.29) is 11.7 Å². The van der Waals surface area contributed by atoms with E-state index in [4.69, 9.17) is 9.97 Å². The molecule has 0 aliphatic carbocycles.